The number of piperidine rings is 1. The molecule has 1 aliphatic carbocycles. The molecule has 0 spiro atoms. The van der Waals surface area contributed by atoms with Gasteiger partial charge in [-0.1, -0.05) is 43.5 Å². The molecule has 3 aliphatic rings. The third-order valence-electron chi connectivity index (χ3n) is 8.02. The Bertz CT molecular complexity index is 1150. The van der Waals surface area contributed by atoms with Crippen LogP contribution in [-0.2, 0) is 41.5 Å². The molecule has 246 valence electrons. The number of ether oxygens (including phenoxy) is 4. The maximum Gasteiger partial charge on any atom is 0.411 e. The van der Waals surface area contributed by atoms with Gasteiger partial charge in [-0.25, -0.2) is 19.2 Å². The lowest BCUT2D eigenvalue weighted by atomic mass is 9.73. The van der Waals surface area contributed by atoms with E-state index in [1.54, 1.807) is 18.7 Å². The van der Waals surface area contributed by atoms with Gasteiger partial charge in [0.15, 0.2) is 0 Å². The zero-order valence-corrected chi connectivity index (χ0v) is 27.9. The molecule has 0 aromatic heterocycles. The van der Waals surface area contributed by atoms with E-state index in [0.29, 0.717) is 51.0 Å². The van der Waals surface area contributed by atoms with Crippen LogP contribution in [0.1, 0.15) is 98.6 Å². The monoisotopic (exact) mass is 616 g/mol. The van der Waals surface area contributed by atoms with Crippen molar-refractivity contribution in [2.24, 2.45) is 11.8 Å². The maximum absolute atomic E-state index is 12.5. The van der Waals surface area contributed by atoms with Gasteiger partial charge >= 0.3 is 24.1 Å². The molecule has 0 bridgehead atoms. The summed E-state index contributed by atoms with van der Waals surface area (Å²) >= 11 is 0. The Morgan fingerprint density at radius 2 is 1.23 bits per heavy atom. The van der Waals surface area contributed by atoms with E-state index in [2.05, 4.69) is 0 Å². The van der Waals surface area contributed by atoms with Gasteiger partial charge in [-0.05, 0) is 91.2 Å². The third kappa shape index (κ3) is 9.86. The number of carbonyl (C=O) groups is 4. The molecular weight excluding hydrogens is 564 g/mol. The van der Waals surface area contributed by atoms with Crippen LogP contribution in [0.2, 0.25) is 0 Å². The van der Waals surface area contributed by atoms with Crippen LogP contribution in [0.15, 0.2) is 24.3 Å². The van der Waals surface area contributed by atoms with Gasteiger partial charge < -0.3 is 18.9 Å². The van der Waals surface area contributed by atoms with Crippen molar-refractivity contribution in [3.63, 3.8) is 0 Å². The minimum Gasteiger partial charge on any atom is -0.464 e. The largest absolute Gasteiger partial charge is 0.464 e. The van der Waals surface area contributed by atoms with Crippen molar-refractivity contribution in [3.05, 3.63) is 35.4 Å². The first-order chi connectivity index (χ1) is 20.6. The Kier molecular flexibility index (Phi) is 12.1. The summed E-state index contributed by atoms with van der Waals surface area (Å²) in [4.78, 5) is 52.5. The number of amides is 2. The number of likely N-dealkylation sites (tertiary alicyclic amines) is 1. The molecule has 0 N–H and O–H groups in total. The average molecular weight is 617 g/mol. The summed E-state index contributed by atoms with van der Waals surface area (Å²) < 4.78 is 21.2. The van der Waals surface area contributed by atoms with Crippen molar-refractivity contribution in [1.29, 1.82) is 0 Å². The molecule has 4 rings (SSSR count). The molecule has 2 fully saturated rings. The van der Waals surface area contributed by atoms with E-state index in [1.807, 2.05) is 65.8 Å². The SMILES string of the molecule is CCOC(=O)C1CC2CCCCC2CN1C(=O)OC(C)(C)C.CCOC(=O)C1Cc2ccccc2CN1C(=O)OC(C)(C)C. The molecule has 10 heteroatoms. The number of benzene rings is 1. The number of rotatable bonds is 4. The summed E-state index contributed by atoms with van der Waals surface area (Å²) in [5.41, 5.74) is 0.946. The molecule has 1 aromatic rings. The Hall–Kier alpha value is -3.30. The summed E-state index contributed by atoms with van der Waals surface area (Å²) in [5, 5.41) is 0. The van der Waals surface area contributed by atoms with Crippen LogP contribution in [0.5, 0.6) is 0 Å². The van der Waals surface area contributed by atoms with Gasteiger partial charge in [-0.15, -0.1) is 0 Å². The lowest BCUT2D eigenvalue weighted by molar-refractivity contribution is -0.153. The van der Waals surface area contributed by atoms with Gasteiger partial charge in [0, 0.05) is 13.0 Å². The zero-order chi connectivity index (χ0) is 32.7. The number of nitrogens with zero attached hydrogens (tertiary/aromatic N) is 2. The van der Waals surface area contributed by atoms with Gasteiger partial charge in [0.05, 0.1) is 19.8 Å². The van der Waals surface area contributed by atoms with Crippen molar-refractivity contribution in [3.8, 4) is 0 Å². The van der Waals surface area contributed by atoms with E-state index >= 15 is 0 Å². The fourth-order valence-electron chi connectivity index (χ4n) is 6.10. The van der Waals surface area contributed by atoms with Gasteiger partial charge in [-0.2, -0.15) is 0 Å². The average Bonchev–Trinajstić information content (AvgIpc) is 2.94. The van der Waals surface area contributed by atoms with Crippen molar-refractivity contribution < 1.29 is 38.1 Å². The van der Waals surface area contributed by atoms with Gasteiger partial charge in [-0.3, -0.25) is 9.80 Å². The molecule has 10 nitrogen and oxygen atoms in total. The number of fused-ring (bicyclic) bond motifs is 2. The minimum absolute atomic E-state index is 0.291. The summed E-state index contributed by atoms with van der Waals surface area (Å²) in [5.74, 6) is 0.342. The van der Waals surface area contributed by atoms with Crippen molar-refractivity contribution >= 4 is 24.1 Å². The topological polar surface area (TPSA) is 112 Å². The quantitative estimate of drug-likeness (QED) is 0.287. The Balaban J connectivity index is 0.000000240. The standard InChI is InChI=1S/C17H29NO4.C17H23NO4/c2*1-5-21-15(19)14-10-12-8-6-7-9-13(12)11-18(14)16(20)22-17(2,3)4/h12-14H,5-11H2,1-4H3;6-9,14H,5,10-11H2,1-4H3. The second-order valence-corrected chi connectivity index (χ2v) is 13.8. The van der Waals surface area contributed by atoms with Crippen LogP contribution >= 0.6 is 0 Å². The third-order valence-corrected chi connectivity index (χ3v) is 8.02. The van der Waals surface area contributed by atoms with E-state index in [-0.39, 0.29) is 11.9 Å². The van der Waals surface area contributed by atoms with Gasteiger partial charge in [0.1, 0.15) is 23.3 Å². The first-order valence-electron chi connectivity index (χ1n) is 16.0. The molecule has 4 unspecified atom stereocenters. The highest BCUT2D eigenvalue weighted by Crippen LogP contribution is 2.39. The lowest BCUT2D eigenvalue weighted by Crippen LogP contribution is -2.55. The molecule has 1 aromatic carbocycles. The van der Waals surface area contributed by atoms with Crippen molar-refractivity contribution in [1.82, 2.24) is 9.80 Å². The smallest absolute Gasteiger partial charge is 0.411 e. The zero-order valence-electron chi connectivity index (χ0n) is 27.9. The van der Waals surface area contributed by atoms with Crippen LogP contribution in [0.3, 0.4) is 0 Å². The van der Waals surface area contributed by atoms with E-state index in [1.165, 1.54) is 17.7 Å². The molecule has 4 atom stereocenters. The number of hydrogen-bond acceptors (Lipinski definition) is 8. The highest BCUT2D eigenvalue weighted by molar-refractivity contribution is 5.83. The molecule has 44 heavy (non-hydrogen) atoms. The molecule has 1 saturated heterocycles. The fraction of sp³-hybridized carbons (Fsp3) is 0.706. The number of carbonyl (C=O) groups excluding carboxylic acids is 4. The molecule has 2 amide bonds. The molecule has 2 heterocycles. The Morgan fingerprint density at radius 3 is 1.77 bits per heavy atom. The first-order valence-corrected chi connectivity index (χ1v) is 16.0. The van der Waals surface area contributed by atoms with E-state index in [4.69, 9.17) is 18.9 Å². The predicted octanol–water partition coefficient (Wildman–Crippen LogP) is 6.28. The minimum atomic E-state index is -0.635. The summed E-state index contributed by atoms with van der Waals surface area (Å²) in [6, 6.07) is 6.68. The Morgan fingerprint density at radius 1 is 0.727 bits per heavy atom. The van der Waals surface area contributed by atoms with Crippen LogP contribution in [0.4, 0.5) is 9.59 Å². The van der Waals surface area contributed by atoms with Crippen LogP contribution in [-0.4, -0.2) is 77.0 Å². The fourth-order valence-corrected chi connectivity index (χ4v) is 6.10. The normalized spacial score (nSPS) is 23.2. The predicted molar refractivity (Wildman–Crippen MR) is 166 cm³/mol. The van der Waals surface area contributed by atoms with Gasteiger partial charge in [0.25, 0.3) is 0 Å². The molecule has 0 radical (unpaired) electrons. The number of hydrogen-bond donors (Lipinski definition) is 0. The number of esters is 2. The Labute approximate surface area is 262 Å². The van der Waals surface area contributed by atoms with Crippen LogP contribution in [0.25, 0.3) is 0 Å². The van der Waals surface area contributed by atoms with Crippen molar-refractivity contribution in [2.75, 3.05) is 19.8 Å². The maximum atomic E-state index is 12.5. The van der Waals surface area contributed by atoms with Crippen LogP contribution < -0.4 is 0 Å². The summed E-state index contributed by atoms with van der Waals surface area (Å²) in [6.07, 6.45) is 5.02. The lowest BCUT2D eigenvalue weighted by Gasteiger charge is -2.45. The summed E-state index contributed by atoms with van der Waals surface area (Å²) in [7, 11) is 0. The van der Waals surface area contributed by atoms with Crippen molar-refractivity contribution in [2.45, 2.75) is 124 Å². The van der Waals surface area contributed by atoms with E-state index < -0.39 is 35.5 Å². The van der Waals surface area contributed by atoms with Crippen LogP contribution in [0, 0.1) is 11.8 Å². The van der Waals surface area contributed by atoms with E-state index in [0.717, 1.165) is 24.0 Å². The molecule has 2 aliphatic heterocycles. The molecular formula is C34H52N2O8. The molecule has 1 saturated carbocycles. The highest BCUT2D eigenvalue weighted by Gasteiger charge is 2.44. The van der Waals surface area contributed by atoms with Gasteiger partial charge in [0.2, 0.25) is 0 Å². The highest BCUT2D eigenvalue weighted by atomic mass is 16.6. The first kappa shape index (κ1) is 35.2. The van der Waals surface area contributed by atoms with E-state index in [9.17, 15) is 19.2 Å². The second kappa shape index (κ2) is 15.1. The summed E-state index contributed by atoms with van der Waals surface area (Å²) in [6.45, 7) is 16.1. The second-order valence-electron chi connectivity index (χ2n) is 13.8.